The summed E-state index contributed by atoms with van der Waals surface area (Å²) in [6.07, 6.45) is 4.36. The number of aryl methyl sites for hydroxylation is 2. The van der Waals surface area contributed by atoms with Crippen LogP contribution in [0.3, 0.4) is 0 Å². The molecule has 1 aliphatic carbocycles. The summed E-state index contributed by atoms with van der Waals surface area (Å²) < 4.78 is 15.5. The van der Waals surface area contributed by atoms with E-state index in [0.29, 0.717) is 23.5 Å². The second-order valence-electron chi connectivity index (χ2n) is 8.32. The summed E-state index contributed by atoms with van der Waals surface area (Å²) in [6.45, 7) is 9.97. The molecule has 29 heavy (non-hydrogen) atoms. The molecule has 2 aromatic heterocycles. The first-order chi connectivity index (χ1) is 13.8. The van der Waals surface area contributed by atoms with Gasteiger partial charge in [-0.15, -0.1) is 0 Å². The highest BCUT2D eigenvalue weighted by Crippen LogP contribution is 2.40. The maximum absolute atomic E-state index is 11.9. The molecule has 0 unspecified atom stereocenters. The lowest BCUT2D eigenvalue weighted by Gasteiger charge is -2.28. The van der Waals surface area contributed by atoms with Gasteiger partial charge in [0.15, 0.2) is 5.82 Å². The second kappa shape index (κ2) is 8.93. The Hall–Kier alpha value is -2.44. The van der Waals surface area contributed by atoms with Crippen molar-refractivity contribution in [2.75, 3.05) is 7.11 Å². The lowest BCUT2D eigenvalue weighted by molar-refractivity contribution is 0.120. The third-order valence-electron chi connectivity index (χ3n) is 5.90. The summed E-state index contributed by atoms with van der Waals surface area (Å²) in [5.74, 6) is 3.16. The molecular weight excluding hydrogens is 370 g/mol. The number of hydrogen-bond acceptors (Lipinski definition) is 7. The summed E-state index contributed by atoms with van der Waals surface area (Å²) in [5, 5.41) is 4.10. The Labute approximate surface area is 172 Å². The lowest BCUT2D eigenvalue weighted by atomic mass is 9.78. The van der Waals surface area contributed by atoms with Crippen LogP contribution in [0.1, 0.15) is 85.6 Å². The average Bonchev–Trinajstić information content (AvgIpc) is 3.13. The van der Waals surface area contributed by atoms with Crippen molar-refractivity contribution < 1.29 is 18.8 Å². The summed E-state index contributed by atoms with van der Waals surface area (Å²) in [5.41, 5.74) is 3.81. The number of hydrogen-bond donors (Lipinski definition) is 0. The lowest BCUT2D eigenvalue weighted by Crippen LogP contribution is -2.19. The normalized spacial score (nSPS) is 19.4. The van der Waals surface area contributed by atoms with Gasteiger partial charge in [0.05, 0.1) is 12.8 Å². The monoisotopic (exact) mass is 401 g/mol. The van der Waals surface area contributed by atoms with Crippen molar-refractivity contribution >= 4 is 6.16 Å². The Morgan fingerprint density at radius 2 is 1.83 bits per heavy atom. The van der Waals surface area contributed by atoms with E-state index in [1.165, 1.54) is 7.11 Å². The van der Waals surface area contributed by atoms with Crippen LogP contribution in [0.5, 0.6) is 5.75 Å². The van der Waals surface area contributed by atoms with E-state index < -0.39 is 6.16 Å². The van der Waals surface area contributed by atoms with Crippen LogP contribution in [-0.4, -0.2) is 28.4 Å². The number of pyridine rings is 1. The molecule has 7 nitrogen and oxygen atoms in total. The number of carbonyl (C=O) groups is 1. The number of ether oxygens (including phenoxy) is 2. The van der Waals surface area contributed by atoms with Crippen molar-refractivity contribution in [2.24, 2.45) is 5.92 Å². The van der Waals surface area contributed by atoms with E-state index in [-0.39, 0.29) is 5.92 Å². The van der Waals surface area contributed by atoms with E-state index in [0.717, 1.165) is 60.4 Å². The van der Waals surface area contributed by atoms with Gasteiger partial charge in [0.2, 0.25) is 5.89 Å². The molecule has 0 radical (unpaired) electrons. The molecule has 0 atom stereocenters. The molecule has 0 aromatic carbocycles. The number of carbonyl (C=O) groups excluding carboxylic acids is 1. The fourth-order valence-corrected chi connectivity index (χ4v) is 4.17. The van der Waals surface area contributed by atoms with Crippen LogP contribution in [0.15, 0.2) is 4.52 Å². The zero-order valence-corrected chi connectivity index (χ0v) is 18.2. The molecule has 1 aliphatic rings. The Bertz CT molecular complexity index is 867. The van der Waals surface area contributed by atoms with E-state index in [1.54, 1.807) is 0 Å². The van der Waals surface area contributed by atoms with E-state index in [2.05, 4.69) is 24.0 Å². The van der Waals surface area contributed by atoms with Crippen molar-refractivity contribution in [1.29, 1.82) is 0 Å². The Balaban J connectivity index is 1.82. The molecule has 158 valence electrons. The minimum atomic E-state index is -0.689. The molecule has 0 N–H and O–H groups in total. The largest absolute Gasteiger partial charge is 0.513 e. The van der Waals surface area contributed by atoms with E-state index >= 15 is 0 Å². The van der Waals surface area contributed by atoms with Gasteiger partial charge in [0.25, 0.3) is 0 Å². The van der Waals surface area contributed by atoms with E-state index in [4.69, 9.17) is 19.0 Å². The van der Waals surface area contributed by atoms with Crippen molar-refractivity contribution in [1.82, 2.24) is 15.1 Å². The summed E-state index contributed by atoms with van der Waals surface area (Å²) in [4.78, 5) is 21.1. The molecule has 1 fully saturated rings. The fourth-order valence-electron chi connectivity index (χ4n) is 4.17. The Morgan fingerprint density at radius 3 is 2.38 bits per heavy atom. The van der Waals surface area contributed by atoms with Gasteiger partial charge in [0, 0.05) is 29.7 Å². The molecule has 0 spiro atoms. The smallest absolute Gasteiger partial charge is 0.437 e. The quantitative estimate of drug-likeness (QED) is 0.638. The Morgan fingerprint density at radius 1 is 1.14 bits per heavy atom. The van der Waals surface area contributed by atoms with E-state index in [9.17, 15) is 4.79 Å². The summed E-state index contributed by atoms with van der Waals surface area (Å²) in [6, 6.07) is 0. The first-order valence-corrected chi connectivity index (χ1v) is 10.4. The zero-order chi connectivity index (χ0) is 21.1. The van der Waals surface area contributed by atoms with Crippen LogP contribution in [0.4, 0.5) is 4.79 Å². The molecule has 3 rings (SSSR count). The van der Waals surface area contributed by atoms with Crippen LogP contribution >= 0.6 is 0 Å². The standard InChI is InChI=1S/C22H31N3O4/c1-12(2)19-18(20(28-22(26)27-6)13(3)14(4)23-19)11-16-7-9-17(10-8-16)21-24-15(5)29-25-21/h12,16-17H,7-11H2,1-6H3. The van der Waals surface area contributed by atoms with Gasteiger partial charge in [-0.05, 0) is 57.8 Å². The van der Waals surface area contributed by atoms with Gasteiger partial charge >= 0.3 is 6.16 Å². The molecule has 7 heteroatoms. The van der Waals surface area contributed by atoms with Gasteiger partial charge in [0.1, 0.15) is 5.75 Å². The molecule has 2 heterocycles. The van der Waals surface area contributed by atoms with Gasteiger partial charge in [-0.3, -0.25) is 4.98 Å². The van der Waals surface area contributed by atoms with Crippen LogP contribution in [0, 0.1) is 26.7 Å². The third-order valence-corrected chi connectivity index (χ3v) is 5.90. The van der Waals surface area contributed by atoms with Crippen LogP contribution < -0.4 is 4.74 Å². The highest BCUT2D eigenvalue weighted by molar-refractivity contribution is 5.66. The second-order valence-corrected chi connectivity index (χ2v) is 8.32. The predicted molar refractivity (Wildman–Crippen MR) is 108 cm³/mol. The molecular formula is C22H31N3O4. The van der Waals surface area contributed by atoms with Crippen LogP contribution in [0.2, 0.25) is 0 Å². The number of rotatable bonds is 5. The maximum Gasteiger partial charge on any atom is 0.513 e. The van der Waals surface area contributed by atoms with Gasteiger partial charge in [-0.1, -0.05) is 19.0 Å². The summed E-state index contributed by atoms with van der Waals surface area (Å²) in [7, 11) is 1.33. The zero-order valence-electron chi connectivity index (χ0n) is 18.2. The topological polar surface area (TPSA) is 87.3 Å². The highest BCUT2D eigenvalue weighted by atomic mass is 16.7. The highest BCUT2D eigenvalue weighted by Gasteiger charge is 2.29. The molecule has 2 aromatic rings. The minimum Gasteiger partial charge on any atom is -0.437 e. The van der Waals surface area contributed by atoms with Crippen molar-refractivity contribution in [2.45, 2.75) is 78.6 Å². The van der Waals surface area contributed by atoms with Gasteiger partial charge < -0.3 is 14.0 Å². The average molecular weight is 402 g/mol. The van der Waals surface area contributed by atoms with E-state index in [1.807, 2.05) is 20.8 Å². The fraction of sp³-hybridized carbons (Fsp3) is 0.636. The summed E-state index contributed by atoms with van der Waals surface area (Å²) >= 11 is 0. The molecule has 0 aliphatic heterocycles. The molecule has 0 bridgehead atoms. The van der Waals surface area contributed by atoms with Crippen molar-refractivity contribution in [3.8, 4) is 5.75 Å². The number of aromatic nitrogens is 3. The minimum absolute atomic E-state index is 0.239. The van der Waals surface area contributed by atoms with Gasteiger partial charge in [-0.25, -0.2) is 4.79 Å². The maximum atomic E-state index is 11.9. The first kappa shape index (κ1) is 21.3. The molecule has 0 amide bonds. The van der Waals surface area contributed by atoms with Crippen molar-refractivity contribution in [3.63, 3.8) is 0 Å². The number of nitrogens with zero attached hydrogens (tertiary/aromatic N) is 3. The SMILES string of the molecule is COC(=O)Oc1c(C)c(C)nc(C(C)C)c1CC1CCC(c2noc(C)n2)CC1. The third kappa shape index (κ3) is 4.77. The van der Waals surface area contributed by atoms with Crippen LogP contribution in [0.25, 0.3) is 0 Å². The molecule has 1 saturated carbocycles. The van der Waals surface area contributed by atoms with Crippen LogP contribution in [-0.2, 0) is 11.2 Å². The predicted octanol–water partition coefficient (Wildman–Crippen LogP) is 5.17. The Kier molecular flexibility index (Phi) is 6.55. The van der Waals surface area contributed by atoms with Gasteiger partial charge in [-0.2, -0.15) is 4.98 Å². The van der Waals surface area contributed by atoms with Crippen molar-refractivity contribution in [3.05, 3.63) is 34.2 Å². The number of methoxy groups -OCH3 is 1. The molecule has 0 saturated heterocycles. The first-order valence-electron chi connectivity index (χ1n) is 10.4.